The van der Waals surface area contributed by atoms with E-state index in [1.54, 1.807) is 19.9 Å². The molecule has 0 radical (unpaired) electrons. The fraction of sp³-hybridized carbons (Fsp3) is 0.385. The Bertz CT molecular complexity index is 454. The zero-order valence-electron chi connectivity index (χ0n) is 10.7. The van der Waals surface area contributed by atoms with Crippen LogP contribution in [0.1, 0.15) is 24.2 Å². The van der Waals surface area contributed by atoms with Crippen molar-refractivity contribution in [1.82, 2.24) is 5.32 Å². The molecule has 2 N–H and O–H groups in total. The summed E-state index contributed by atoms with van der Waals surface area (Å²) in [5.74, 6) is -0.381. The number of ketones is 1. The Balaban J connectivity index is 2.75. The highest BCUT2D eigenvalue weighted by atomic mass is 16.5. The first-order chi connectivity index (χ1) is 8.45. The fourth-order valence-corrected chi connectivity index (χ4v) is 1.29. The molecule has 0 fully saturated rings. The quantitative estimate of drug-likeness (QED) is 0.828. The second kappa shape index (κ2) is 6.05. The van der Waals surface area contributed by atoms with Crippen molar-refractivity contribution in [3.8, 4) is 11.5 Å². The molecule has 0 heterocycles. The molecular weight excluding hydrogens is 234 g/mol. The van der Waals surface area contributed by atoms with E-state index in [0.717, 1.165) is 0 Å². The third-order valence-electron chi connectivity index (χ3n) is 2.52. The van der Waals surface area contributed by atoms with Crippen molar-refractivity contribution < 1.29 is 19.4 Å². The number of ether oxygens (including phenoxy) is 1. The van der Waals surface area contributed by atoms with Gasteiger partial charge >= 0.3 is 0 Å². The summed E-state index contributed by atoms with van der Waals surface area (Å²) in [6.45, 7) is 3.47. The molecule has 5 heteroatoms. The standard InChI is InChI=1S/C13H17NO4/c1-8(2)12(16)7-14-13(17)10-6-9(18-3)4-5-11(10)15/h4-6,8,15H,7H2,1-3H3,(H,14,17). The van der Waals surface area contributed by atoms with Gasteiger partial charge in [-0.05, 0) is 18.2 Å². The van der Waals surface area contributed by atoms with Crippen LogP contribution in [0, 0.1) is 5.92 Å². The molecule has 0 unspecified atom stereocenters. The fourth-order valence-electron chi connectivity index (χ4n) is 1.29. The molecule has 0 atom stereocenters. The van der Waals surface area contributed by atoms with Crippen LogP contribution in [0.2, 0.25) is 0 Å². The van der Waals surface area contributed by atoms with Crippen molar-refractivity contribution in [2.75, 3.05) is 13.7 Å². The number of carbonyl (C=O) groups is 2. The minimum atomic E-state index is -0.500. The van der Waals surface area contributed by atoms with Crippen molar-refractivity contribution >= 4 is 11.7 Å². The van der Waals surface area contributed by atoms with E-state index >= 15 is 0 Å². The molecule has 0 aliphatic heterocycles. The van der Waals surface area contributed by atoms with Gasteiger partial charge in [0.25, 0.3) is 5.91 Å². The Morgan fingerprint density at radius 3 is 2.61 bits per heavy atom. The van der Waals surface area contributed by atoms with Gasteiger partial charge in [-0.15, -0.1) is 0 Å². The van der Waals surface area contributed by atoms with Gasteiger partial charge in [0.15, 0.2) is 5.78 Å². The van der Waals surface area contributed by atoms with E-state index in [0.29, 0.717) is 5.75 Å². The number of Topliss-reactive ketones (excluding diaryl/α,β-unsaturated/α-hetero) is 1. The number of carbonyl (C=O) groups excluding carboxylic acids is 2. The zero-order chi connectivity index (χ0) is 13.7. The molecule has 1 rings (SSSR count). The minimum Gasteiger partial charge on any atom is -0.507 e. The number of nitrogens with one attached hydrogen (secondary N) is 1. The van der Waals surface area contributed by atoms with Crippen LogP contribution in [0.15, 0.2) is 18.2 Å². The van der Waals surface area contributed by atoms with E-state index in [1.165, 1.54) is 19.2 Å². The van der Waals surface area contributed by atoms with Gasteiger partial charge in [0.1, 0.15) is 11.5 Å². The van der Waals surface area contributed by atoms with Crippen molar-refractivity contribution in [3.63, 3.8) is 0 Å². The molecule has 18 heavy (non-hydrogen) atoms. The van der Waals surface area contributed by atoms with Crippen LogP contribution in [0.5, 0.6) is 11.5 Å². The molecule has 1 aromatic carbocycles. The molecule has 0 aliphatic carbocycles. The molecule has 0 saturated heterocycles. The van der Waals surface area contributed by atoms with E-state index in [-0.39, 0.29) is 29.6 Å². The van der Waals surface area contributed by atoms with Crippen molar-refractivity contribution in [3.05, 3.63) is 23.8 Å². The van der Waals surface area contributed by atoms with Crippen LogP contribution in [0.3, 0.4) is 0 Å². The summed E-state index contributed by atoms with van der Waals surface area (Å²) in [6.07, 6.45) is 0. The van der Waals surface area contributed by atoms with Crippen LogP contribution in [0.25, 0.3) is 0 Å². The maximum absolute atomic E-state index is 11.8. The molecule has 98 valence electrons. The third kappa shape index (κ3) is 3.48. The van der Waals surface area contributed by atoms with Crippen LogP contribution < -0.4 is 10.1 Å². The molecule has 0 spiro atoms. The predicted molar refractivity (Wildman–Crippen MR) is 66.8 cm³/mol. The average Bonchev–Trinajstić information content (AvgIpc) is 2.35. The number of amides is 1. The summed E-state index contributed by atoms with van der Waals surface area (Å²) >= 11 is 0. The Hall–Kier alpha value is -2.04. The first-order valence-electron chi connectivity index (χ1n) is 5.63. The second-order valence-electron chi connectivity index (χ2n) is 4.19. The smallest absolute Gasteiger partial charge is 0.255 e. The molecule has 0 bridgehead atoms. The van der Waals surface area contributed by atoms with Gasteiger partial charge in [-0.25, -0.2) is 0 Å². The maximum Gasteiger partial charge on any atom is 0.255 e. The summed E-state index contributed by atoms with van der Waals surface area (Å²) in [5, 5.41) is 12.0. The molecule has 1 aromatic rings. The maximum atomic E-state index is 11.8. The lowest BCUT2D eigenvalue weighted by molar-refractivity contribution is -0.120. The first-order valence-corrected chi connectivity index (χ1v) is 5.63. The lowest BCUT2D eigenvalue weighted by Gasteiger charge is -2.09. The van der Waals surface area contributed by atoms with Gasteiger partial charge in [0.05, 0.1) is 19.2 Å². The SMILES string of the molecule is COc1ccc(O)c(C(=O)NCC(=O)C(C)C)c1. The Morgan fingerprint density at radius 1 is 1.39 bits per heavy atom. The van der Waals surface area contributed by atoms with E-state index in [4.69, 9.17) is 4.74 Å². The normalized spacial score (nSPS) is 10.2. The summed E-state index contributed by atoms with van der Waals surface area (Å²) in [4.78, 5) is 23.2. The van der Waals surface area contributed by atoms with Gasteiger partial charge in [-0.1, -0.05) is 13.8 Å². The monoisotopic (exact) mass is 251 g/mol. The number of methoxy groups -OCH3 is 1. The van der Waals surface area contributed by atoms with Crippen LogP contribution in [0.4, 0.5) is 0 Å². The van der Waals surface area contributed by atoms with Gasteiger partial charge in [0, 0.05) is 5.92 Å². The van der Waals surface area contributed by atoms with Gasteiger partial charge in [0.2, 0.25) is 0 Å². The Labute approximate surface area is 106 Å². The molecule has 0 saturated carbocycles. The Morgan fingerprint density at radius 2 is 2.06 bits per heavy atom. The summed E-state index contributed by atoms with van der Waals surface area (Å²) in [7, 11) is 1.47. The van der Waals surface area contributed by atoms with Gasteiger partial charge < -0.3 is 15.2 Å². The Kier molecular flexibility index (Phi) is 4.71. The van der Waals surface area contributed by atoms with E-state index in [9.17, 15) is 14.7 Å². The van der Waals surface area contributed by atoms with E-state index < -0.39 is 5.91 Å². The molecule has 1 amide bonds. The number of phenols is 1. The van der Waals surface area contributed by atoms with Gasteiger partial charge in [-0.3, -0.25) is 9.59 Å². The largest absolute Gasteiger partial charge is 0.507 e. The summed E-state index contributed by atoms with van der Waals surface area (Å²) in [5.41, 5.74) is 0.0888. The number of hydrogen-bond acceptors (Lipinski definition) is 4. The summed E-state index contributed by atoms with van der Waals surface area (Å²) < 4.78 is 4.97. The van der Waals surface area contributed by atoms with Gasteiger partial charge in [-0.2, -0.15) is 0 Å². The highest BCUT2D eigenvalue weighted by Crippen LogP contribution is 2.22. The number of hydrogen-bond donors (Lipinski definition) is 2. The number of phenolic OH excluding ortho intramolecular Hbond substituents is 1. The number of aromatic hydroxyl groups is 1. The van der Waals surface area contributed by atoms with Crippen molar-refractivity contribution in [2.45, 2.75) is 13.8 Å². The highest BCUT2D eigenvalue weighted by molar-refractivity contribution is 5.99. The van der Waals surface area contributed by atoms with Crippen LogP contribution in [-0.2, 0) is 4.79 Å². The number of rotatable bonds is 5. The average molecular weight is 251 g/mol. The van der Waals surface area contributed by atoms with Crippen molar-refractivity contribution in [2.24, 2.45) is 5.92 Å². The summed E-state index contributed by atoms with van der Waals surface area (Å²) in [6, 6.07) is 4.34. The van der Waals surface area contributed by atoms with Crippen LogP contribution >= 0.6 is 0 Å². The van der Waals surface area contributed by atoms with Crippen molar-refractivity contribution in [1.29, 1.82) is 0 Å². The predicted octanol–water partition coefficient (Wildman–Crippen LogP) is 1.36. The van der Waals surface area contributed by atoms with Crippen LogP contribution in [-0.4, -0.2) is 30.5 Å². The van der Waals surface area contributed by atoms with E-state index in [2.05, 4.69) is 5.32 Å². The topological polar surface area (TPSA) is 75.6 Å². The third-order valence-corrected chi connectivity index (χ3v) is 2.52. The zero-order valence-corrected chi connectivity index (χ0v) is 10.7. The minimum absolute atomic E-state index is 0.0485. The molecule has 0 aliphatic rings. The molecule has 0 aromatic heterocycles. The molecular formula is C13H17NO4. The first kappa shape index (κ1) is 14.0. The molecule has 5 nitrogen and oxygen atoms in total. The lowest BCUT2D eigenvalue weighted by atomic mass is 10.1. The lowest BCUT2D eigenvalue weighted by Crippen LogP contribution is -2.31. The highest BCUT2D eigenvalue weighted by Gasteiger charge is 2.14. The van der Waals surface area contributed by atoms with E-state index in [1.807, 2.05) is 0 Å². The number of benzene rings is 1. The second-order valence-corrected chi connectivity index (χ2v) is 4.19.